The first kappa shape index (κ1) is 21.1. The summed E-state index contributed by atoms with van der Waals surface area (Å²) in [4.78, 5) is 17.8. The Balaban J connectivity index is 1.67. The van der Waals surface area contributed by atoms with Crippen LogP contribution in [0.15, 0.2) is 71.8 Å². The van der Waals surface area contributed by atoms with Crippen LogP contribution in [0.4, 0.5) is 0 Å². The lowest BCUT2D eigenvalue weighted by atomic mass is 9.99. The van der Waals surface area contributed by atoms with Crippen molar-refractivity contribution in [3.8, 4) is 22.8 Å². The summed E-state index contributed by atoms with van der Waals surface area (Å²) >= 11 is 0. The van der Waals surface area contributed by atoms with E-state index in [-0.39, 0.29) is 11.7 Å². The Morgan fingerprint density at radius 2 is 1.88 bits per heavy atom. The highest BCUT2D eigenvalue weighted by Crippen LogP contribution is 2.28. The molecule has 160 valence electrons. The van der Waals surface area contributed by atoms with Gasteiger partial charge in [0.2, 0.25) is 0 Å². The molecule has 1 amide bonds. The van der Waals surface area contributed by atoms with Gasteiger partial charge < -0.3 is 9.84 Å². The number of carbonyl (C=O) groups excluding carboxylic acids is 1. The van der Waals surface area contributed by atoms with E-state index in [1.54, 1.807) is 18.2 Å². The van der Waals surface area contributed by atoms with E-state index >= 15 is 0 Å². The molecular weight excluding hydrogens is 402 g/mol. The summed E-state index contributed by atoms with van der Waals surface area (Å²) in [5, 5.41) is 14.7. The second-order valence-corrected chi connectivity index (χ2v) is 7.52. The number of para-hydroxylation sites is 1. The first-order valence-electron chi connectivity index (χ1n) is 10.1. The van der Waals surface area contributed by atoms with E-state index in [4.69, 9.17) is 9.72 Å². The SMILES string of the molecule is COc1ccc(/C=N\NC(=O)c2cc(-c3cc(C)ccc3C)nc3ccccc23)cc1O. The van der Waals surface area contributed by atoms with E-state index in [1.807, 2.05) is 38.1 Å². The zero-order chi connectivity index (χ0) is 22.7. The number of benzene rings is 3. The predicted octanol–water partition coefficient (Wildman–Crippen LogP) is 5.00. The first-order valence-corrected chi connectivity index (χ1v) is 10.1. The Hall–Kier alpha value is -4.19. The number of aromatic nitrogens is 1. The quantitative estimate of drug-likeness (QED) is 0.348. The highest BCUT2D eigenvalue weighted by Gasteiger charge is 2.14. The van der Waals surface area contributed by atoms with Crippen LogP contribution in [0, 0.1) is 13.8 Å². The molecule has 6 nitrogen and oxygen atoms in total. The number of phenols is 1. The van der Waals surface area contributed by atoms with Crippen molar-refractivity contribution >= 4 is 23.0 Å². The molecule has 1 aromatic heterocycles. The molecule has 0 spiro atoms. The van der Waals surface area contributed by atoms with Crippen molar-refractivity contribution in [1.29, 1.82) is 0 Å². The van der Waals surface area contributed by atoms with Crippen molar-refractivity contribution in [2.75, 3.05) is 7.11 Å². The van der Waals surface area contributed by atoms with Crippen LogP contribution >= 0.6 is 0 Å². The number of nitrogens with one attached hydrogen (secondary N) is 1. The van der Waals surface area contributed by atoms with Gasteiger partial charge in [0.15, 0.2) is 11.5 Å². The van der Waals surface area contributed by atoms with E-state index in [0.717, 1.165) is 33.3 Å². The van der Waals surface area contributed by atoms with Gasteiger partial charge in [-0.05, 0) is 61.4 Å². The monoisotopic (exact) mass is 425 g/mol. The predicted molar refractivity (Wildman–Crippen MR) is 126 cm³/mol. The number of aryl methyl sites for hydroxylation is 2. The third kappa shape index (κ3) is 4.30. The number of phenolic OH excluding ortho intramolecular Hbond substituents is 1. The first-order chi connectivity index (χ1) is 15.5. The van der Waals surface area contributed by atoms with Gasteiger partial charge >= 0.3 is 0 Å². The standard InChI is InChI=1S/C26H23N3O3/c1-16-8-9-17(2)20(12-16)23-14-21(19-6-4-5-7-22(19)28-23)26(31)29-27-15-18-10-11-25(32-3)24(30)13-18/h4-15,30H,1-3H3,(H,29,31)/b27-15-. The molecule has 0 bridgehead atoms. The average Bonchev–Trinajstić information content (AvgIpc) is 2.80. The fourth-order valence-corrected chi connectivity index (χ4v) is 3.53. The minimum atomic E-state index is -0.343. The van der Waals surface area contributed by atoms with E-state index in [0.29, 0.717) is 16.9 Å². The molecule has 4 aromatic rings. The summed E-state index contributed by atoms with van der Waals surface area (Å²) in [7, 11) is 1.48. The highest BCUT2D eigenvalue weighted by atomic mass is 16.5. The number of hydrogen-bond acceptors (Lipinski definition) is 5. The van der Waals surface area contributed by atoms with Gasteiger partial charge in [-0.3, -0.25) is 4.79 Å². The fraction of sp³-hybridized carbons (Fsp3) is 0.115. The van der Waals surface area contributed by atoms with Crippen molar-refractivity contribution in [1.82, 2.24) is 10.4 Å². The van der Waals surface area contributed by atoms with Crippen LogP contribution in [0.3, 0.4) is 0 Å². The molecule has 6 heteroatoms. The normalized spacial score (nSPS) is 11.1. The van der Waals surface area contributed by atoms with Crippen molar-refractivity contribution in [2.24, 2.45) is 5.10 Å². The minimum Gasteiger partial charge on any atom is -0.504 e. The summed E-state index contributed by atoms with van der Waals surface area (Å²) in [5.74, 6) is 0.0265. The minimum absolute atomic E-state index is 0.000991. The number of ether oxygens (including phenoxy) is 1. The van der Waals surface area contributed by atoms with Crippen molar-refractivity contribution < 1.29 is 14.6 Å². The number of hydrazone groups is 1. The third-order valence-corrected chi connectivity index (χ3v) is 5.21. The molecule has 0 fully saturated rings. The van der Waals surface area contributed by atoms with Gasteiger partial charge in [0.25, 0.3) is 5.91 Å². The summed E-state index contributed by atoms with van der Waals surface area (Å²) < 4.78 is 5.03. The molecule has 3 aromatic carbocycles. The van der Waals surface area contributed by atoms with Gasteiger partial charge in [-0.2, -0.15) is 5.10 Å². The Morgan fingerprint density at radius 1 is 1.06 bits per heavy atom. The lowest BCUT2D eigenvalue weighted by molar-refractivity contribution is 0.0956. The molecule has 0 aliphatic heterocycles. The largest absolute Gasteiger partial charge is 0.504 e. The average molecular weight is 425 g/mol. The lowest BCUT2D eigenvalue weighted by Crippen LogP contribution is -2.18. The number of rotatable bonds is 5. The molecule has 32 heavy (non-hydrogen) atoms. The molecule has 1 heterocycles. The van der Waals surface area contributed by atoms with Crippen LogP contribution in [-0.4, -0.2) is 29.3 Å². The maximum Gasteiger partial charge on any atom is 0.272 e. The highest BCUT2D eigenvalue weighted by molar-refractivity contribution is 6.07. The molecule has 0 aliphatic rings. The zero-order valence-corrected chi connectivity index (χ0v) is 18.1. The molecular formula is C26H23N3O3. The number of aromatic hydroxyl groups is 1. The number of methoxy groups -OCH3 is 1. The van der Waals surface area contributed by atoms with Crippen molar-refractivity contribution in [3.63, 3.8) is 0 Å². The summed E-state index contributed by atoms with van der Waals surface area (Å²) in [5.41, 5.74) is 8.36. The number of fused-ring (bicyclic) bond motifs is 1. The van der Waals surface area contributed by atoms with Crippen molar-refractivity contribution in [2.45, 2.75) is 13.8 Å². The Morgan fingerprint density at radius 3 is 2.66 bits per heavy atom. The number of nitrogens with zero attached hydrogens (tertiary/aromatic N) is 2. The lowest BCUT2D eigenvalue weighted by Gasteiger charge is -2.11. The number of pyridine rings is 1. The summed E-state index contributed by atoms with van der Waals surface area (Å²) in [6, 6.07) is 20.4. The molecule has 0 atom stereocenters. The maximum absolute atomic E-state index is 13.0. The molecule has 4 rings (SSSR count). The second kappa shape index (κ2) is 8.89. The third-order valence-electron chi connectivity index (χ3n) is 5.21. The van der Waals surface area contributed by atoms with E-state index in [2.05, 4.69) is 28.7 Å². The van der Waals surface area contributed by atoms with Crippen LogP contribution in [0.5, 0.6) is 11.5 Å². The van der Waals surface area contributed by atoms with Gasteiger partial charge in [0, 0.05) is 10.9 Å². The van der Waals surface area contributed by atoms with Crippen LogP contribution in [0.2, 0.25) is 0 Å². The van der Waals surface area contributed by atoms with Gasteiger partial charge in [0.05, 0.1) is 30.1 Å². The molecule has 0 unspecified atom stereocenters. The van der Waals surface area contributed by atoms with Crippen LogP contribution in [0.1, 0.15) is 27.0 Å². The van der Waals surface area contributed by atoms with Gasteiger partial charge in [-0.15, -0.1) is 0 Å². The van der Waals surface area contributed by atoms with Gasteiger partial charge in [0.1, 0.15) is 0 Å². The van der Waals surface area contributed by atoms with Crippen molar-refractivity contribution in [3.05, 3.63) is 89.0 Å². The van der Waals surface area contributed by atoms with E-state index in [1.165, 1.54) is 19.4 Å². The molecule has 0 saturated carbocycles. The maximum atomic E-state index is 13.0. The Bertz CT molecular complexity index is 1350. The van der Waals surface area contributed by atoms with Crippen LogP contribution < -0.4 is 10.2 Å². The summed E-state index contributed by atoms with van der Waals surface area (Å²) in [6.07, 6.45) is 1.46. The van der Waals surface area contributed by atoms with E-state index < -0.39 is 0 Å². The Kier molecular flexibility index (Phi) is 5.85. The summed E-state index contributed by atoms with van der Waals surface area (Å²) in [6.45, 7) is 4.06. The molecule has 0 saturated heterocycles. The topological polar surface area (TPSA) is 83.8 Å². The van der Waals surface area contributed by atoms with E-state index in [9.17, 15) is 9.90 Å². The van der Waals surface area contributed by atoms with Gasteiger partial charge in [-0.1, -0.05) is 35.9 Å². The molecule has 2 N–H and O–H groups in total. The Labute approximate surface area is 186 Å². The second-order valence-electron chi connectivity index (χ2n) is 7.52. The van der Waals surface area contributed by atoms with Gasteiger partial charge in [-0.25, -0.2) is 10.4 Å². The van der Waals surface area contributed by atoms with Crippen LogP contribution in [-0.2, 0) is 0 Å². The number of amides is 1. The molecule has 0 radical (unpaired) electrons. The van der Waals surface area contributed by atoms with Crippen LogP contribution in [0.25, 0.3) is 22.2 Å². The number of carbonyl (C=O) groups is 1. The molecule has 0 aliphatic carbocycles. The smallest absolute Gasteiger partial charge is 0.272 e. The number of hydrogen-bond donors (Lipinski definition) is 2. The zero-order valence-electron chi connectivity index (χ0n) is 18.1. The fourth-order valence-electron chi connectivity index (χ4n) is 3.53.